The van der Waals surface area contributed by atoms with Crippen molar-refractivity contribution in [2.24, 2.45) is 0 Å². The van der Waals surface area contributed by atoms with Gasteiger partial charge in [-0.05, 0) is 47.1 Å². The molecule has 0 aromatic heterocycles. The molecule has 0 aliphatic carbocycles. The van der Waals surface area contributed by atoms with E-state index in [4.69, 9.17) is 26.9 Å². The molecule has 0 saturated carbocycles. The SMILES string of the molecule is C=CC(=O)OCCC[Si](OCC)(OCC)C(C)[Si](OCC)(OCC)OCC. The Morgan fingerprint density at radius 2 is 1.33 bits per heavy atom. The normalized spacial score (nSPS) is 13.4. The van der Waals surface area contributed by atoms with Gasteiger partial charge in [0.15, 0.2) is 0 Å². The van der Waals surface area contributed by atoms with E-state index in [-0.39, 0.29) is 5.16 Å². The topological polar surface area (TPSA) is 72.5 Å². The maximum absolute atomic E-state index is 11.3. The molecule has 0 N–H and O–H groups in total. The predicted molar refractivity (Wildman–Crippen MR) is 110 cm³/mol. The first-order valence-electron chi connectivity index (χ1n) is 9.90. The van der Waals surface area contributed by atoms with E-state index in [1.165, 1.54) is 0 Å². The molecule has 0 aromatic rings. The zero-order valence-corrected chi connectivity index (χ0v) is 19.9. The van der Waals surface area contributed by atoms with Crippen LogP contribution in [-0.4, -0.2) is 63.0 Å². The maximum atomic E-state index is 11.3. The number of hydrogen-bond acceptors (Lipinski definition) is 7. The maximum Gasteiger partial charge on any atom is 0.505 e. The summed E-state index contributed by atoms with van der Waals surface area (Å²) in [5.41, 5.74) is 0. The van der Waals surface area contributed by atoms with Crippen molar-refractivity contribution >= 4 is 23.3 Å². The van der Waals surface area contributed by atoms with Crippen molar-refractivity contribution in [3.05, 3.63) is 12.7 Å². The standard InChI is InChI=1S/C18H38O7Si2/c1-8-18(19)20-15-14-16-26(21-9-2,22-10-3)17(7)27(23-11-4,24-12-5)25-13-6/h8,17H,1,9-16H2,2-7H3. The quantitative estimate of drug-likeness (QED) is 0.153. The van der Waals surface area contributed by atoms with Crippen LogP contribution >= 0.6 is 0 Å². The molecule has 0 aliphatic rings. The fourth-order valence-corrected chi connectivity index (χ4v) is 12.0. The van der Waals surface area contributed by atoms with Crippen molar-refractivity contribution in [1.82, 2.24) is 0 Å². The molecule has 0 bridgehead atoms. The summed E-state index contributed by atoms with van der Waals surface area (Å²) in [5.74, 6) is -0.426. The van der Waals surface area contributed by atoms with Gasteiger partial charge in [-0.15, -0.1) is 0 Å². The van der Waals surface area contributed by atoms with Gasteiger partial charge in [0, 0.05) is 39.1 Å². The number of carbonyl (C=O) groups excluding carboxylic acids is 1. The minimum absolute atomic E-state index is 0.125. The monoisotopic (exact) mass is 422 g/mol. The molecule has 0 aromatic carbocycles. The lowest BCUT2D eigenvalue weighted by molar-refractivity contribution is -0.137. The van der Waals surface area contributed by atoms with Gasteiger partial charge in [0.1, 0.15) is 0 Å². The van der Waals surface area contributed by atoms with Crippen LogP contribution in [0.15, 0.2) is 12.7 Å². The van der Waals surface area contributed by atoms with Gasteiger partial charge in [0.25, 0.3) is 0 Å². The van der Waals surface area contributed by atoms with Gasteiger partial charge >= 0.3 is 23.3 Å². The van der Waals surface area contributed by atoms with Crippen molar-refractivity contribution < 1.29 is 31.7 Å². The molecule has 0 saturated heterocycles. The Balaban J connectivity index is 5.61. The Morgan fingerprint density at radius 3 is 1.70 bits per heavy atom. The van der Waals surface area contributed by atoms with Crippen LogP contribution in [0, 0.1) is 0 Å². The third kappa shape index (κ3) is 8.14. The lowest BCUT2D eigenvalue weighted by Gasteiger charge is -2.42. The smallest absolute Gasteiger partial charge is 0.463 e. The average molecular weight is 423 g/mol. The Kier molecular flexibility index (Phi) is 14.1. The number of esters is 1. The van der Waals surface area contributed by atoms with Crippen LogP contribution in [0.4, 0.5) is 0 Å². The highest BCUT2D eigenvalue weighted by Crippen LogP contribution is 2.39. The zero-order chi connectivity index (χ0) is 20.8. The van der Waals surface area contributed by atoms with E-state index in [0.29, 0.717) is 52.1 Å². The van der Waals surface area contributed by atoms with E-state index in [0.717, 1.165) is 6.08 Å². The molecule has 0 rings (SSSR count). The summed E-state index contributed by atoms with van der Waals surface area (Å²) in [7, 11) is -5.77. The summed E-state index contributed by atoms with van der Waals surface area (Å²) in [6, 6.07) is 0.655. The summed E-state index contributed by atoms with van der Waals surface area (Å²) < 4.78 is 36.0. The molecular formula is C18H38O7Si2. The van der Waals surface area contributed by atoms with Gasteiger partial charge in [0.2, 0.25) is 0 Å². The van der Waals surface area contributed by atoms with Gasteiger partial charge in [-0.3, -0.25) is 0 Å². The summed E-state index contributed by atoms with van der Waals surface area (Å²) in [6.07, 6.45) is 1.79. The number of carbonyl (C=O) groups is 1. The lowest BCUT2D eigenvalue weighted by Crippen LogP contribution is -2.61. The molecular weight excluding hydrogens is 384 g/mol. The fraction of sp³-hybridized carbons (Fsp3) is 0.833. The Morgan fingerprint density at radius 1 is 0.889 bits per heavy atom. The van der Waals surface area contributed by atoms with Gasteiger partial charge in [-0.25, -0.2) is 4.79 Å². The summed E-state index contributed by atoms with van der Waals surface area (Å²) in [6.45, 7) is 18.0. The Labute approximate surface area is 166 Å². The minimum Gasteiger partial charge on any atom is -0.463 e. The van der Waals surface area contributed by atoms with Crippen LogP contribution in [0.2, 0.25) is 11.2 Å². The van der Waals surface area contributed by atoms with Crippen molar-refractivity contribution in [1.29, 1.82) is 0 Å². The molecule has 0 spiro atoms. The second kappa shape index (κ2) is 14.4. The zero-order valence-electron chi connectivity index (χ0n) is 17.9. The molecule has 9 heteroatoms. The van der Waals surface area contributed by atoms with Crippen molar-refractivity contribution in [2.75, 3.05) is 39.6 Å². The lowest BCUT2D eigenvalue weighted by atomic mass is 10.5. The van der Waals surface area contributed by atoms with Crippen molar-refractivity contribution in [3.8, 4) is 0 Å². The fourth-order valence-electron chi connectivity index (χ4n) is 3.06. The minimum atomic E-state index is -3.01. The van der Waals surface area contributed by atoms with E-state index in [1.54, 1.807) is 0 Å². The summed E-state index contributed by atoms with van der Waals surface area (Å²) in [4.78, 5) is 11.3. The molecule has 1 atom stereocenters. The highest BCUT2D eigenvalue weighted by atomic mass is 28.4. The molecule has 7 nitrogen and oxygen atoms in total. The van der Waals surface area contributed by atoms with Gasteiger partial charge in [0.05, 0.1) is 11.8 Å². The molecule has 0 heterocycles. The molecule has 27 heavy (non-hydrogen) atoms. The Hall–Kier alpha value is -0.556. The molecule has 160 valence electrons. The van der Waals surface area contributed by atoms with Gasteiger partial charge in [-0.1, -0.05) is 13.5 Å². The molecule has 0 radical (unpaired) electrons. The van der Waals surface area contributed by atoms with Crippen LogP contribution in [0.1, 0.15) is 48.0 Å². The first-order valence-corrected chi connectivity index (χ1v) is 13.8. The van der Waals surface area contributed by atoms with E-state index in [2.05, 4.69) is 13.5 Å². The van der Waals surface area contributed by atoms with Gasteiger partial charge < -0.3 is 26.9 Å². The van der Waals surface area contributed by atoms with Crippen molar-refractivity contribution in [3.63, 3.8) is 0 Å². The Bertz CT molecular complexity index is 397. The molecule has 0 aliphatic heterocycles. The number of rotatable bonds is 17. The van der Waals surface area contributed by atoms with Crippen LogP contribution in [0.5, 0.6) is 0 Å². The van der Waals surface area contributed by atoms with E-state index < -0.39 is 23.3 Å². The average Bonchev–Trinajstić information content (AvgIpc) is 2.65. The first-order chi connectivity index (χ1) is 12.9. The van der Waals surface area contributed by atoms with Crippen LogP contribution in [-0.2, 0) is 31.7 Å². The van der Waals surface area contributed by atoms with Crippen LogP contribution < -0.4 is 0 Å². The third-order valence-electron chi connectivity index (χ3n) is 4.08. The predicted octanol–water partition coefficient (Wildman–Crippen LogP) is 3.60. The highest BCUT2D eigenvalue weighted by Gasteiger charge is 2.60. The molecule has 1 unspecified atom stereocenters. The van der Waals surface area contributed by atoms with Crippen LogP contribution in [0.3, 0.4) is 0 Å². The molecule has 0 amide bonds. The second-order valence-electron chi connectivity index (χ2n) is 5.78. The van der Waals surface area contributed by atoms with Crippen LogP contribution in [0.25, 0.3) is 0 Å². The summed E-state index contributed by atoms with van der Waals surface area (Å²) in [5, 5.41) is -0.125. The largest absolute Gasteiger partial charge is 0.505 e. The van der Waals surface area contributed by atoms with E-state index in [1.807, 2.05) is 34.6 Å². The first kappa shape index (κ1) is 26.4. The van der Waals surface area contributed by atoms with E-state index in [9.17, 15) is 4.79 Å². The third-order valence-corrected chi connectivity index (χ3v) is 13.5. The second-order valence-corrected chi connectivity index (χ2v) is 12.9. The number of hydrogen-bond donors (Lipinski definition) is 0. The molecule has 0 fully saturated rings. The number of ether oxygens (including phenoxy) is 1. The van der Waals surface area contributed by atoms with Crippen molar-refractivity contribution in [2.45, 2.75) is 59.2 Å². The summed E-state index contributed by atoms with van der Waals surface area (Å²) >= 11 is 0. The van der Waals surface area contributed by atoms with E-state index >= 15 is 0 Å². The highest BCUT2D eigenvalue weighted by molar-refractivity contribution is 6.85. The van der Waals surface area contributed by atoms with Gasteiger partial charge in [-0.2, -0.15) is 0 Å².